The summed E-state index contributed by atoms with van der Waals surface area (Å²) >= 11 is 1.87. The molecule has 0 aliphatic carbocycles. The van der Waals surface area contributed by atoms with Gasteiger partial charge in [-0.25, -0.2) is 0 Å². The molecule has 0 saturated heterocycles. The molecule has 0 fully saturated rings. The fraction of sp³-hybridized carbons (Fsp3) is 0. The first kappa shape index (κ1) is 32.1. The largest absolute Gasteiger partial charge is 0.309 e. The molecule has 0 atom stereocenters. The van der Waals surface area contributed by atoms with Crippen molar-refractivity contribution in [1.29, 1.82) is 0 Å². The van der Waals surface area contributed by atoms with Crippen molar-refractivity contribution in [2.75, 3.05) is 0 Å². The van der Waals surface area contributed by atoms with Crippen molar-refractivity contribution in [2.45, 2.75) is 0 Å². The van der Waals surface area contributed by atoms with E-state index >= 15 is 0 Å². The quantitative estimate of drug-likeness (QED) is 0.166. The minimum Gasteiger partial charge on any atom is -0.309 e. The van der Waals surface area contributed by atoms with Crippen LogP contribution in [0, 0.1) is 0 Å². The van der Waals surface area contributed by atoms with Crippen LogP contribution in [0.25, 0.3) is 109 Å². The lowest BCUT2D eigenvalue weighted by molar-refractivity contribution is 1.18. The highest BCUT2D eigenvalue weighted by Gasteiger charge is 2.18. The molecular formula is C54H34N2S. The van der Waals surface area contributed by atoms with E-state index in [1.807, 2.05) is 11.3 Å². The topological polar surface area (TPSA) is 9.86 Å². The van der Waals surface area contributed by atoms with Crippen LogP contribution in [0.3, 0.4) is 0 Å². The van der Waals surface area contributed by atoms with Crippen LogP contribution in [-0.4, -0.2) is 9.13 Å². The van der Waals surface area contributed by atoms with Crippen molar-refractivity contribution in [1.82, 2.24) is 9.13 Å². The summed E-state index contributed by atoms with van der Waals surface area (Å²) in [5.74, 6) is 0. The molecule has 3 aromatic heterocycles. The molecule has 12 aromatic rings. The zero-order valence-electron chi connectivity index (χ0n) is 30.9. The maximum Gasteiger partial charge on any atom is 0.0541 e. The van der Waals surface area contributed by atoms with Gasteiger partial charge in [-0.05, 0) is 112 Å². The first-order valence-electron chi connectivity index (χ1n) is 19.5. The molecule has 0 bridgehead atoms. The minimum atomic E-state index is 1.15. The second-order valence-corrected chi connectivity index (χ2v) is 16.0. The predicted molar refractivity (Wildman–Crippen MR) is 244 cm³/mol. The summed E-state index contributed by atoms with van der Waals surface area (Å²) in [5.41, 5.74) is 14.5. The summed E-state index contributed by atoms with van der Waals surface area (Å²) < 4.78 is 7.46. The molecule has 0 amide bonds. The van der Waals surface area contributed by atoms with Gasteiger partial charge >= 0.3 is 0 Å². The van der Waals surface area contributed by atoms with Crippen LogP contribution >= 0.6 is 11.3 Å². The lowest BCUT2D eigenvalue weighted by Crippen LogP contribution is -1.94. The molecule has 9 aromatic carbocycles. The maximum atomic E-state index is 2.43. The molecular weight excluding hydrogens is 709 g/mol. The van der Waals surface area contributed by atoms with Crippen LogP contribution < -0.4 is 0 Å². The first-order chi connectivity index (χ1) is 28.3. The number of fused-ring (bicyclic) bond motifs is 9. The van der Waals surface area contributed by atoms with Crippen molar-refractivity contribution in [2.24, 2.45) is 0 Å². The molecule has 12 rings (SSSR count). The van der Waals surface area contributed by atoms with Gasteiger partial charge in [-0.15, -0.1) is 11.3 Å². The van der Waals surface area contributed by atoms with Crippen LogP contribution in [0.15, 0.2) is 206 Å². The average molecular weight is 743 g/mol. The number of rotatable bonds is 5. The number of nitrogens with zero attached hydrogens (tertiary/aromatic N) is 2. The van der Waals surface area contributed by atoms with Gasteiger partial charge in [-0.1, -0.05) is 127 Å². The van der Waals surface area contributed by atoms with Gasteiger partial charge in [0.2, 0.25) is 0 Å². The number of benzene rings is 9. The Morgan fingerprint density at radius 2 is 0.754 bits per heavy atom. The number of hydrogen-bond acceptors (Lipinski definition) is 1. The zero-order valence-corrected chi connectivity index (χ0v) is 31.7. The van der Waals surface area contributed by atoms with E-state index < -0.39 is 0 Å². The molecule has 3 heteroatoms. The lowest BCUT2D eigenvalue weighted by Gasteiger charge is -2.11. The molecule has 0 spiro atoms. The van der Waals surface area contributed by atoms with E-state index in [0.29, 0.717) is 0 Å². The molecule has 266 valence electrons. The van der Waals surface area contributed by atoms with Crippen molar-refractivity contribution >= 4 is 75.1 Å². The highest BCUT2D eigenvalue weighted by Crippen LogP contribution is 2.43. The summed E-state index contributed by atoms with van der Waals surface area (Å²) in [6, 6.07) is 75.7. The smallest absolute Gasteiger partial charge is 0.0541 e. The normalized spacial score (nSPS) is 11.9. The molecule has 57 heavy (non-hydrogen) atoms. The third-order valence-electron chi connectivity index (χ3n) is 11.7. The van der Waals surface area contributed by atoms with E-state index in [9.17, 15) is 0 Å². The van der Waals surface area contributed by atoms with Crippen LogP contribution in [0.4, 0.5) is 0 Å². The summed E-state index contributed by atoms with van der Waals surface area (Å²) in [7, 11) is 0. The van der Waals surface area contributed by atoms with Gasteiger partial charge in [0.15, 0.2) is 0 Å². The highest BCUT2D eigenvalue weighted by atomic mass is 32.1. The molecule has 0 aliphatic rings. The Morgan fingerprint density at radius 1 is 0.281 bits per heavy atom. The number of thiophene rings is 1. The molecule has 2 nitrogen and oxygen atoms in total. The Hall–Kier alpha value is -7.20. The van der Waals surface area contributed by atoms with E-state index in [1.165, 1.54) is 103 Å². The standard InChI is InChI=1S/C54H34N2S/c1-3-12-35(13-4-1)36-22-27-41(28-23-36)56-50-30-25-38(37-24-29-49-45(32-37)43-16-7-9-19-48(43)55(49)40-14-5-2-6-15-40)33-46(50)47-34-39(26-31-51(47)56)42-18-11-21-53-54(42)44-17-8-10-20-52(44)57-53/h1-34H. The van der Waals surface area contributed by atoms with Gasteiger partial charge in [0, 0.05) is 53.1 Å². The van der Waals surface area contributed by atoms with E-state index in [1.54, 1.807) is 0 Å². The zero-order chi connectivity index (χ0) is 37.5. The van der Waals surface area contributed by atoms with E-state index in [-0.39, 0.29) is 0 Å². The highest BCUT2D eigenvalue weighted by molar-refractivity contribution is 7.25. The van der Waals surface area contributed by atoms with Gasteiger partial charge in [0.1, 0.15) is 0 Å². The van der Waals surface area contributed by atoms with E-state index in [4.69, 9.17) is 0 Å². The summed E-state index contributed by atoms with van der Waals surface area (Å²) in [6.45, 7) is 0. The van der Waals surface area contributed by atoms with E-state index in [2.05, 4.69) is 215 Å². The van der Waals surface area contributed by atoms with Crippen molar-refractivity contribution in [3.8, 4) is 44.8 Å². The minimum absolute atomic E-state index is 1.15. The molecule has 0 radical (unpaired) electrons. The van der Waals surface area contributed by atoms with Gasteiger partial charge < -0.3 is 9.13 Å². The Morgan fingerprint density at radius 3 is 1.46 bits per heavy atom. The Kier molecular flexibility index (Phi) is 7.13. The second kappa shape index (κ2) is 12.7. The molecule has 0 N–H and O–H groups in total. The monoisotopic (exact) mass is 742 g/mol. The Bertz CT molecular complexity index is 3490. The molecule has 0 saturated carbocycles. The van der Waals surface area contributed by atoms with Crippen molar-refractivity contribution in [3.05, 3.63) is 206 Å². The van der Waals surface area contributed by atoms with Crippen LogP contribution in [0.1, 0.15) is 0 Å². The molecule has 0 unspecified atom stereocenters. The number of para-hydroxylation sites is 2. The summed E-state index contributed by atoms with van der Waals surface area (Å²) in [5, 5.41) is 7.66. The van der Waals surface area contributed by atoms with Gasteiger partial charge in [0.05, 0.1) is 22.1 Å². The number of hydrogen-bond donors (Lipinski definition) is 0. The van der Waals surface area contributed by atoms with Crippen LogP contribution in [-0.2, 0) is 0 Å². The third-order valence-corrected chi connectivity index (χ3v) is 12.9. The van der Waals surface area contributed by atoms with Crippen molar-refractivity contribution < 1.29 is 0 Å². The summed E-state index contributed by atoms with van der Waals surface area (Å²) in [6.07, 6.45) is 0. The van der Waals surface area contributed by atoms with Gasteiger partial charge in [-0.2, -0.15) is 0 Å². The second-order valence-electron chi connectivity index (χ2n) is 14.9. The van der Waals surface area contributed by atoms with Crippen LogP contribution in [0.2, 0.25) is 0 Å². The van der Waals surface area contributed by atoms with Gasteiger partial charge in [0.25, 0.3) is 0 Å². The Balaban J connectivity index is 1.07. The predicted octanol–water partition coefficient (Wildman–Crippen LogP) is 15.2. The Labute approximate surface area is 333 Å². The fourth-order valence-electron chi connectivity index (χ4n) is 9.11. The number of aromatic nitrogens is 2. The van der Waals surface area contributed by atoms with Gasteiger partial charge in [-0.3, -0.25) is 0 Å². The lowest BCUT2D eigenvalue weighted by atomic mass is 9.97. The third kappa shape index (κ3) is 5.03. The average Bonchev–Trinajstić information content (AvgIpc) is 3.94. The molecule has 3 heterocycles. The fourth-order valence-corrected chi connectivity index (χ4v) is 10.2. The molecule has 0 aliphatic heterocycles. The van der Waals surface area contributed by atoms with Crippen molar-refractivity contribution in [3.63, 3.8) is 0 Å². The summed E-state index contributed by atoms with van der Waals surface area (Å²) in [4.78, 5) is 0. The maximum absolute atomic E-state index is 2.43. The van der Waals surface area contributed by atoms with E-state index in [0.717, 1.165) is 5.69 Å². The van der Waals surface area contributed by atoms with Crippen LogP contribution in [0.5, 0.6) is 0 Å². The SMILES string of the molecule is c1ccc(-c2ccc(-n3c4ccc(-c5ccc6c(c5)c5ccccc5n6-c5ccccc5)cc4c4cc(-c5cccc6sc7ccccc7c56)ccc43)cc2)cc1. The first-order valence-corrected chi connectivity index (χ1v) is 20.3.